The predicted octanol–water partition coefficient (Wildman–Crippen LogP) is 4.72. The maximum atomic E-state index is 12.9. The zero-order valence-corrected chi connectivity index (χ0v) is 16.4. The lowest BCUT2D eigenvalue weighted by Crippen LogP contribution is -2.21. The molecule has 0 atom stereocenters. The molecular formula is C21H21ClN4O. The molecule has 0 radical (unpaired) electrons. The van der Waals surface area contributed by atoms with Crippen LogP contribution in [0.25, 0.3) is 27.7 Å². The van der Waals surface area contributed by atoms with Gasteiger partial charge in [-0.1, -0.05) is 37.6 Å². The molecule has 0 aliphatic carbocycles. The van der Waals surface area contributed by atoms with Crippen LogP contribution in [-0.4, -0.2) is 19.2 Å². The number of nitrogens with zero attached hydrogens (tertiary/aromatic N) is 4. The summed E-state index contributed by atoms with van der Waals surface area (Å²) >= 11 is 6.01. The third-order valence-corrected chi connectivity index (χ3v) is 5.09. The lowest BCUT2D eigenvalue weighted by atomic mass is 10.1. The number of halogens is 1. The van der Waals surface area contributed by atoms with Gasteiger partial charge in [-0.3, -0.25) is 4.79 Å². The zero-order valence-electron chi connectivity index (χ0n) is 15.6. The van der Waals surface area contributed by atoms with Crippen molar-refractivity contribution in [2.75, 3.05) is 0 Å². The van der Waals surface area contributed by atoms with Gasteiger partial charge in [0.05, 0.1) is 16.6 Å². The van der Waals surface area contributed by atoms with Crippen molar-refractivity contribution in [1.29, 1.82) is 0 Å². The fourth-order valence-corrected chi connectivity index (χ4v) is 3.47. The van der Waals surface area contributed by atoms with Crippen LogP contribution in [0.1, 0.15) is 26.0 Å². The van der Waals surface area contributed by atoms with Gasteiger partial charge in [0.2, 0.25) is 0 Å². The summed E-state index contributed by atoms with van der Waals surface area (Å²) in [5, 5.41) is 5.93. The summed E-state index contributed by atoms with van der Waals surface area (Å²) in [6, 6.07) is 9.58. The second-order valence-corrected chi connectivity index (χ2v) is 7.69. The maximum absolute atomic E-state index is 12.9. The van der Waals surface area contributed by atoms with Crippen molar-refractivity contribution >= 4 is 28.2 Å². The standard InChI is InChI=1S/C21H21ClN4O/c1-13(2)8-10-25-11-9-18-17(21(25)27)12-23-20-19(14(3)24-26(18)20)15-4-6-16(22)7-5-15/h4-7,9,11-13H,8,10H2,1-3H3. The van der Waals surface area contributed by atoms with Crippen LogP contribution in [0.4, 0.5) is 0 Å². The van der Waals surface area contributed by atoms with Gasteiger partial charge in [0.15, 0.2) is 5.65 Å². The van der Waals surface area contributed by atoms with Crippen LogP contribution in [0, 0.1) is 12.8 Å². The van der Waals surface area contributed by atoms with Crippen molar-refractivity contribution in [3.05, 3.63) is 63.8 Å². The molecule has 3 aromatic heterocycles. The van der Waals surface area contributed by atoms with E-state index in [1.54, 1.807) is 15.3 Å². The second kappa shape index (κ2) is 6.82. The molecule has 6 heteroatoms. The van der Waals surface area contributed by atoms with Crippen molar-refractivity contribution in [2.45, 2.75) is 33.7 Å². The normalized spacial score (nSPS) is 11.7. The first kappa shape index (κ1) is 17.7. The summed E-state index contributed by atoms with van der Waals surface area (Å²) in [5.74, 6) is 0.545. The van der Waals surface area contributed by atoms with E-state index in [0.29, 0.717) is 22.9 Å². The Morgan fingerprint density at radius 1 is 1.15 bits per heavy atom. The minimum atomic E-state index is -0.0243. The minimum absolute atomic E-state index is 0.0243. The van der Waals surface area contributed by atoms with E-state index < -0.39 is 0 Å². The quantitative estimate of drug-likeness (QED) is 0.514. The molecule has 4 rings (SSSR count). The molecule has 5 nitrogen and oxygen atoms in total. The van der Waals surface area contributed by atoms with Gasteiger partial charge in [-0.25, -0.2) is 9.50 Å². The summed E-state index contributed by atoms with van der Waals surface area (Å²) < 4.78 is 3.52. The Morgan fingerprint density at radius 2 is 1.89 bits per heavy atom. The van der Waals surface area contributed by atoms with Gasteiger partial charge in [0, 0.05) is 29.5 Å². The molecule has 0 N–H and O–H groups in total. The summed E-state index contributed by atoms with van der Waals surface area (Å²) in [4.78, 5) is 17.4. The van der Waals surface area contributed by atoms with E-state index in [1.807, 2.05) is 43.5 Å². The maximum Gasteiger partial charge on any atom is 0.261 e. The van der Waals surface area contributed by atoms with E-state index in [9.17, 15) is 4.79 Å². The second-order valence-electron chi connectivity index (χ2n) is 7.26. The molecule has 27 heavy (non-hydrogen) atoms. The fourth-order valence-electron chi connectivity index (χ4n) is 3.34. The topological polar surface area (TPSA) is 52.2 Å². The zero-order chi connectivity index (χ0) is 19.1. The Bertz CT molecular complexity index is 1190. The highest BCUT2D eigenvalue weighted by atomic mass is 35.5. The Morgan fingerprint density at radius 3 is 2.59 bits per heavy atom. The lowest BCUT2D eigenvalue weighted by molar-refractivity contribution is 0.509. The monoisotopic (exact) mass is 380 g/mol. The van der Waals surface area contributed by atoms with Crippen LogP contribution < -0.4 is 5.56 Å². The van der Waals surface area contributed by atoms with E-state index in [4.69, 9.17) is 11.6 Å². The summed E-state index contributed by atoms with van der Waals surface area (Å²) in [6.07, 6.45) is 4.48. The van der Waals surface area contributed by atoms with Gasteiger partial charge < -0.3 is 4.57 Å². The van der Waals surface area contributed by atoms with Crippen molar-refractivity contribution in [2.24, 2.45) is 5.92 Å². The van der Waals surface area contributed by atoms with Gasteiger partial charge >= 0.3 is 0 Å². The molecule has 3 heterocycles. The largest absolute Gasteiger partial charge is 0.315 e. The molecule has 1 aromatic carbocycles. The molecule has 0 saturated heterocycles. The van der Waals surface area contributed by atoms with Crippen LogP contribution in [0.3, 0.4) is 0 Å². The number of rotatable bonds is 4. The third kappa shape index (κ3) is 3.12. The van der Waals surface area contributed by atoms with E-state index in [1.165, 1.54) is 0 Å². The van der Waals surface area contributed by atoms with Crippen molar-refractivity contribution in [3.8, 4) is 11.1 Å². The lowest BCUT2D eigenvalue weighted by Gasteiger charge is -2.09. The van der Waals surface area contributed by atoms with Gasteiger partial charge in [0.25, 0.3) is 5.56 Å². The average Bonchev–Trinajstić information content (AvgIpc) is 2.98. The summed E-state index contributed by atoms with van der Waals surface area (Å²) in [7, 11) is 0. The Labute approximate surface area is 162 Å². The number of pyridine rings is 1. The molecule has 4 aromatic rings. The number of fused-ring (bicyclic) bond motifs is 3. The number of hydrogen-bond acceptors (Lipinski definition) is 3. The van der Waals surface area contributed by atoms with Gasteiger partial charge in [0.1, 0.15) is 0 Å². The predicted molar refractivity (Wildman–Crippen MR) is 109 cm³/mol. The highest BCUT2D eigenvalue weighted by Crippen LogP contribution is 2.29. The van der Waals surface area contributed by atoms with Crippen molar-refractivity contribution < 1.29 is 0 Å². The summed E-state index contributed by atoms with van der Waals surface area (Å²) in [5.41, 5.74) is 4.31. The van der Waals surface area contributed by atoms with Crippen LogP contribution in [0.15, 0.2) is 47.5 Å². The number of hydrogen-bond donors (Lipinski definition) is 0. The van der Waals surface area contributed by atoms with E-state index in [0.717, 1.165) is 34.4 Å². The molecular weight excluding hydrogens is 360 g/mol. The first-order valence-corrected chi connectivity index (χ1v) is 9.47. The van der Waals surface area contributed by atoms with Crippen LogP contribution in [-0.2, 0) is 6.54 Å². The number of aryl methyl sites for hydroxylation is 2. The first-order chi connectivity index (χ1) is 13.0. The number of aromatic nitrogens is 4. The van der Waals surface area contributed by atoms with Gasteiger partial charge in [-0.05, 0) is 43.0 Å². The molecule has 0 aliphatic rings. The van der Waals surface area contributed by atoms with Gasteiger partial charge in [-0.15, -0.1) is 0 Å². The highest BCUT2D eigenvalue weighted by molar-refractivity contribution is 6.30. The molecule has 0 spiro atoms. The first-order valence-electron chi connectivity index (χ1n) is 9.09. The third-order valence-electron chi connectivity index (χ3n) is 4.84. The molecule has 0 fully saturated rings. The van der Waals surface area contributed by atoms with E-state index >= 15 is 0 Å². The Kier molecular flexibility index (Phi) is 4.48. The summed E-state index contributed by atoms with van der Waals surface area (Å²) in [6.45, 7) is 6.97. The van der Waals surface area contributed by atoms with Crippen LogP contribution >= 0.6 is 11.6 Å². The Hall–Kier alpha value is -2.66. The van der Waals surface area contributed by atoms with E-state index in [-0.39, 0.29) is 5.56 Å². The fraction of sp³-hybridized carbons (Fsp3) is 0.286. The average molecular weight is 381 g/mol. The SMILES string of the molecule is Cc1nn2c(ncc3c(=O)n(CCC(C)C)ccc32)c1-c1ccc(Cl)cc1. The smallest absolute Gasteiger partial charge is 0.261 e. The van der Waals surface area contributed by atoms with Crippen molar-refractivity contribution in [1.82, 2.24) is 19.2 Å². The minimum Gasteiger partial charge on any atom is -0.315 e. The Balaban J connectivity index is 1.90. The molecule has 0 saturated carbocycles. The molecule has 0 bridgehead atoms. The molecule has 138 valence electrons. The molecule has 0 aliphatic heterocycles. The number of benzene rings is 1. The van der Waals surface area contributed by atoms with Gasteiger partial charge in [-0.2, -0.15) is 5.10 Å². The highest BCUT2D eigenvalue weighted by Gasteiger charge is 2.16. The van der Waals surface area contributed by atoms with E-state index in [2.05, 4.69) is 23.9 Å². The molecule has 0 amide bonds. The van der Waals surface area contributed by atoms with Crippen molar-refractivity contribution in [3.63, 3.8) is 0 Å². The molecule has 0 unspecified atom stereocenters. The van der Waals surface area contributed by atoms with Crippen LogP contribution in [0.2, 0.25) is 5.02 Å². The van der Waals surface area contributed by atoms with Crippen LogP contribution in [0.5, 0.6) is 0 Å².